The summed E-state index contributed by atoms with van der Waals surface area (Å²) >= 11 is 0. The normalized spacial score (nSPS) is 9.86. The van der Waals surface area contributed by atoms with Crippen molar-refractivity contribution >= 4 is 23.7 Å². The molecule has 1 aromatic carbocycles. The maximum Gasteiger partial charge on any atom is 0.336 e. The molecule has 0 radical (unpaired) electrons. The number of ether oxygens (including phenoxy) is 1. The first-order valence-corrected chi connectivity index (χ1v) is 6.35. The van der Waals surface area contributed by atoms with Crippen molar-refractivity contribution in [3.05, 3.63) is 29.3 Å². The number of aromatic carboxylic acids is 1. The Morgan fingerprint density at radius 3 is 2.52 bits per heavy atom. The number of aryl methyl sites for hydroxylation is 1. The Bertz CT molecular complexity index is 556. The van der Waals surface area contributed by atoms with Gasteiger partial charge in [-0.05, 0) is 31.5 Å². The van der Waals surface area contributed by atoms with Crippen LogP contribution in [0.2, 0.25) is 0 Å². The van der Waals surface area contributed by atoms with E-state index in [1.165, 1.54) is 18.1 Å². The number of anilines is 1. The number of hydrogen-bond acceptors (Lipinski definition) is 4. The van der Waals surface area contributed by atoms with Gasteiger partial charge in [0.1, 0.15) is 6.54 Å². The quantitative estimate of drug-likeness (QED) is 0.806. The van der Waals surface area contributed by atoms with Crippen molar-refractivity contribution in [2.24, 2.45) is 0 Å². The zero-order valence-electron chi connectivity index (χ0n) is 12.2. The van der Waals surface area contributed by atoms with E-state index in [0.29, 0.717) is 17.8 Å². The van der Waals surface area contributed by atoms with E-state index in [1.54, 1.807) is 26.0 Å². The molecular formula is C14H18N2O5. The molecule has 114 valence electrons. The average Bonchev–Trinajstić information content (AvgIpc) is 2.45. The Labute approximate surface area is 122 Å². The van der Waals surface area contributed by atoms with E-state index in [9.17, 15) is 14.4 Å². The average molecular weight is 294 g/mol. The number of benzene rings is 1. The second-order valence-corrected chi connectivity index (χ2v) is 4.36. The molecule has 0 saturated heterocycles. The van der Waals surface area contributed by atoms with Crippen molar-refractivity contribution < 1.29 is 24.2 Å². The van der Waals surface area contributed by atoms with Crippen LogP contribution < -0.4 is 5.32 Å². The second kappa shape index (κ2) is 7.28. The maximum absolute atomic E-state index is 12.0. The van der Waals surface area contributed by atoms with E-state index in [2.05, 4.69) is 10.1 Å². The van der Waals surface area contributed by atoms with Crippen molar-refractivity contribution in [3.8, 4) is 0 Å². The van der Waals surface area contributed by atoms with Gasteiger partial charge in [0.05, 0.1) is 12.7 Å². The van der Waals surface area contributed by atoms with E-state index < -0.39 is 18.0 Å². The Balaban J connectivity index is 2.84. The van der Waals surface area contributed by atoms with Crippen LogP contribution in [0, 0.1) is 6.92 Å². The molecule has 0 fully saturated rings. The molecule has 0 unspecified atom stereocenters. The molecule has 0 saturated carbocycles. The van der Waals surface area contributed by atoms with Gasteiger partial charge in [-0.15, -0.1) is 0 Å². The molecule has 0 aliphatic carbocycles. The fourth-order valence-electron chi connectivity index (χ4n) is 1.68. The number of esters is 1. The Morgan fingerprint density at radius 1 is 1.33 bits per heavy atom. The molecule has 7 nitrogen and oxygen atoms in total. The van der Waals surface area contributed by atoms with Crippen molar-refractivity contribution in [1.29, 1.82) is 0 Å². The molecule has 0 heterocycles. The zero-order valence-corrected chi connectivity index (χ0v) is 12.2. The zero-order chi connectivity index (χ0) is 16.0. The maximum atomic E-state index is 12.0. The van der Waals surface area contributed by atoms with Crippen molar-refractivity contribution in [2.75, 3.05) is 25.5 Å². The summed E-state index contributed by atoms with van der Waals surface area (Å²) in [6.45, 7) is 3.54. The van der Waals surface area contributed by atoms with E-state index in [0.717, 1.165) is 0 Å². The Kier molecular flexibility index (Phi) is 5.71. The number of carboxylic acid groups (broad SMARTS) is 1. The van der Waals surface area contributed by atoms with E-state index >= 15 is 0 Å². The van der Waals surface area contributed by atoms with Crippen molar-refractivity contribution in [2.45, 2.75) is 13.8 Å². The highest BCUT2D eigenvalue weighted by Crippen LogP contribution is 2.16. The number of nitrogens with zero attached hydrogens (tertiary/aromatic N) is 1. The minimum absolute atomic E-state index is 0.115. The first-order valence-electron chi connectivity index (χ1n) is 6.35. The lowest BCUT2D eigenvalue weighted by molar-refractivity contribution is -0.141. The van der Waals surface area contributed by atoms with Crippen LogP contribution >= 0.6 is 0 Å². The second-order valence-electron chi connectivity index (χ2n) is 4.36. The fourth-order valence-corrected chi connectivity index (χ4v) is 1.68. The molecule has 0 bridgehead atoms. The third-order valence-corrected chi connectivity index (χ3v) is 2.94. The Morgan fingerprint density at radius 2 is 2.00 bits per heavy atom. The number of carbonyl (C=O) groups excluding carboxylic acids is 2. The summed E-state index contributed by atoms with van der Waals surface area (Å²) in [5.74, 6) is -1.59. The number of amides is 2. The molecule has 0 atom stereocenters. The monoisotopic (exact) mass is 294 g/mol. The van der Waals surface area contributed by atoms with Crippen LogP contribution in [0.1, 0.15) is 22.8 Å². The molecule has 0 spiro atoms. The summed E-state index contributed by atoms with van der Waals surface area (Å²) < 4.78 is 4.51. The predicted molar refractivity (Wildman–Crippen MR) is 76.4 cm³/mol. The largest absolute Gasteiger partial charge is 0.478 e. The van der Waals surface area contributed by atoms with E-state index in [4.69, 9.17) is 5.11 Å². The predicted octanol–water partition coefficient (Wildman–Crippen LogP) is 1.72. The first-order chi connectivity index (χ1) is 9.88. The highest BCUT2D eigenvalue weighted by Gasteiger charge is 2.16. The van der Waals surface area contributed by atoms with Crippen LogP contribution in [-0.2, 0) is 9.53 Å². The third-order valence-electron chi connectivity index (χ3n) is 2.94. The molecule has 21 heavy (non-hydrogen) atoms. The lowest BCUT2D eigenvalue weighted by Crippen LogP contribution is -2.39. The van der Waals surface area contributed by atoms with Gasteiger partial charge >= 0.3 is 18.0 Å². The number of rotatable bonds is 5. The summed E-state index contributed by atoms with van der Waals surface area (Å²) in [6.07, 6.45) is 0. The van der Waals surface area contributed by atoms with Crippen molar-refractivity contribution in [1.82, 2.24) is 4.90 Å². The van der Waals surface area contributed by atoms with Gasteiger partial charge in [-0.25, -0.2) is 9.59 Å². The molecular weight excluding hydrogens is 276 g/mol. The third kappa shape index (κ3) is 4.48. The molecule has 7 heteroatoms. The van der Waals surface area contributed by atoms with Crippen LogP contribution in [0.15, 0.2) is 18.2 Å². The number of nitrogens with one attached hydrogen (secondary N) is 1. The smallest absolute Gasteiger partial charge is 0.336 e. The summed E-state index contributed by atoms with van der Waals surface area (Å²) in [5.41, 5.74) is 1.07. The van der Waals surface area contributed by atoms with Gasteiger partial charge in [-0.2, -0.15) is 0 Å². The molecule has 1 aromatic rings. The number of methoxy groups -OCH3 is 1. The minimum atomic E-state index is -1.06. The van der Waals surface area contributed by atoms with Crippen molar-refractivity contribution in [3.63, 3.8) is 0 Å². The number of carbonyl (C=O) groups is 3. The highest BCUT2D eigenvalue weighted by molar-refractivity contribution is 5.95. The van der Waals surface area contributed by atoms with Crippen LogP contribution in [0.5, 0.6) is 0 Å². The van der Waals surface area contributed by atoms with Crippen LogP contribution in [0.4, 0.5) is 10.5 Å². The number of urea groups is 1. The van der Waals surface area contributed by atoms with Gasteiger partial charge < -0.3 is 20.1 Å². The molecule has 2 amide bonds. The summed E-state index contributed by atoms with van der Waals surface area (Å²) in [6, 6.07) is 4.09. The SMILES string of the molecule is CCN(CC(=O)OC)C(=O)Nc1ccc(C)c(C(=O)O)c1. The minimum Gasteiger partial charge on any atom is -0.478 e. The van der Waals surface area contributed by atoms with Gasteiger partial charge in [-0.3, -0.25) is 4.79 Å². The highest BCUT2D eigenvalue weighted by atomic mass is 16.5. The van der Waals surface area contributed by atoms with Gasteiger partial charge in [0.15, 0.2) is 0 Å². The molecule has 0 aliphatic heterocycles. The number of likely N-dealkylation sites (N-methyl/N-ethyl adjacent to an activating group) is 1. The first kappa shape index (κ1) is 16.5. The van der Waals surface area contributed by atoms with Gasteiger partial charge in [0, 0.05) is 12.2 Å². The number of hydrogen-bond donors (Lipinski definition) is 2. The molecule has 0 aromatic heterocycles. The lowest BCUT2D eigenvalue weighted by atomic mass is 10.1. The fraction of sp³-hybridized carbons (Fsp3) is 0.357. The van der Waals surface area contributed by atoms with E-state index in [-0.39, 0.29) is 12.1 Å². The molecule has 1 rings (SSSR count). The van der Waals surface area contributed by atoms with Gasteiger partial charge in [0.2, 0.25) is 0 Å². The van der Waals surface area contributed by atoms with Gasteiger partial charge in [0.25, 0.3) is 0 Å². The standard InChI is InChI=1S/C14H18N2O5/c1-4-16(8-12(17)21-3)14(20)15-10-6-5-9(2)11(7-10)13(18)19/h5-7H,4,8H2,1-3H3,(H,15,20)(H,18,19). The van der Waals surface area contributed by atoms with E-state index in [1.807, 2.05) is 0 Å². The van der Waals surface area contributed by atoms with Crippen LogP contribution in [0.3, 0.4) is 0 Å². The number of carboxylic acids is 1. The topological polar surface area (TPSA) is 95.9 Å². The van der Waals surface area contributed by atoms with Gasteiger partial charge in [-0.1, -0.05) is 6.07 Å². The lowest BCUT2D eigenvalue weighted by Gasteiger charge is -2.20. The summed E-state index contributed by atoms with van der Waals surface area (Å²) in [4.78, 5) is 35.5. The molecule has 2 N–H and O–H groups in total. The molecule has 0 aliphatic rings. The summed E-state index contributed by atoms with van der Waals surface area (Å²) in [7, 11) is 1.24. The van der Waals surface area contributed by atoms with Crippen LogP contribution in [0.25, 0.3) is 0 Å². The summed E-state index contributed by atoms with van der Waals surface area (Å²) in [5, 5.41) is 11.6. The van der Waals surface area contributed by atoms with Crippen LogP contribution in [-0.4, -0.2) is 48.2 Å². The Hall–Kier alpha value is -2.57.